The van der Waals surface area contributed by atoms with Crippen LogP contribution in [0.1, 0.15) is 6.92 Å². The third-order valence-electron chi connectivity index (χ3n) is 4.94. The lowest BCUT2D eigenvalue weighted by Crippen LogP contribution is -2.50. The van der Waals surface area contributed by atoms with Gasteiger partial charge in [0.25, 0.3) is 0 Å². The number of likely N-dealkylation sites (N-methyl/N-ethyl adjacent to an activating group) is 1. The van der Waals surface area contributed by atoms with Crippen molar-refractivity contribution < 1.29 is 23.1 Å². The second-order valence-electron chi connectivity index (χ2n) is 6.80. The van der Waals surface area contributed by atoms with Gasteiger partial charge in [-0.05, 0) is 43.1 Å². The number of aromatic nitrogens is 1. The van der Waals surface area contributed by atoms with Crippen LogP contribution >= 0.6 is 11.9 Å². The van der Waals surface area contributed by atoms with E-state index in [1.54, 1.807) is 23.1 Å². The van der Waals surface area contributed by atoms with Gasteiger partial charge in [-0.3, -0.25) is 9.59 Å². The van der Waals surface area contributed by atoms with Crippen LogP contribution in [-0.4, -0.2) is 76.8 Å². The molecule has 166 valence electrons. The number of alkyl halides is 2. The van der Waals surface area contributed by atoms with E-state index >= 15 is 0 Å². The highest BCUT2D eigenvalue weighted by Crippen LogP contribution is 2.34. The van der Waals surface area contributed by atoms with Crippen LogP contribution in [-0.2, 0) is 9.59 Å². The number of halogens is 2. The molecule has 2 heterocycles. The second kappa shape index (κ2) is 10.5. The van der Waals surface area contributed by atoms with Crippen molar-refractivity contribution in [1.29, 1.82) is 0 Å². The minimum Gasteiger partial charge on any atom is -0.416 e. The number of piperazine rings is 1. The molecule has 0 atom stereocenters. The van der Waals surface area contributed by atoms with Crippen molar-refractivity contribution in [2.45, 2.75) is 18.4 Å². The summed E-state index contributed by atoms with van der Waals surface area (Å²) in [5, 5.41) is 1.30. The van der Waals surface area contributed by atoms with Crippen molar-refractivity contribution in [3.63, 3.8) is 0 Å². The van der Waals surface area contributed by atoms with Crippen LogP contribution in [0.15, 0.2) is 48.0 Å². The molecular formula is C21H24F2N4O3S. The minimum absolute atomic E-state index is 0.0394. The van der Waals surface area contributed by atoms with E-state index in [4.69, 9.17) is 0 Å². The number of hydrogen-bond donors (Lipinski definition) is 0. The highest BCUT2D eigenvalue weighted by Gasteiger charge is 2.24. The van der Waals surface area contributed by atoms with Gasteiger partial charge in [0.1, 0.15) is 0 Å². The lowest BCUT2D eigenvalue weighted by Gasteiger charge is -2.35. The van der Waals surface area contributed by atoms with Gasteiger partial charge < -0.3 is 14.5 Å². The van der Waals surface area contributed by atoms with Crippen molar-refractivity contribution in [2.75, 3.05) is 39.3 Å². The molecule has 1 aliphatic rings. The highest BCUT2D eigenvalue weighted by molar-refractivity contribution is 7.97. The Morgan fingerprint density at radius 1 is 1.26 bits per heavy atom. The zero-order valence-corrected chi connectivity index (χ0v) is 18.0. The Balaban J connectivity index is 1.62. The van der Waals surface area contributed by atoms with E-state index in [0.717, 1.165) is 10.3 Å². The van der Waals surface area contributed by atoms with Crippen molar-refractivity contribution in [3.05, 3.63) is 43.1 Å². The van der Waals surface area contributed by atoms with Gasteiger partial charge in [-0.2, -0.15) is 8.78 Å². The topological polar surface area (TPSA) is 66.0 Å². The molecule has 0 N–H and O–H groups in total. The fourth-order valence-corrected chi connectivity index (χ4v) is 4.35. The molecule has 1 aliphatic heterocycles. The maximum Gasteiger partial charge on any atom is 0.388 e. The number of benzene rings is 1. The van der Waals surface area contributed by atoms with Gasteiger partial charge in [0.05, 0.1) is 6.54 Å². The largest absolute Gasteiger partial charge is 0.416 e. The van der Waals surface area contributed by atoms with Crippen LogP contribution in [0, 0.1) is 0 Å². The van der Waals surface area contributed by atoms with E-state index < -0.39 is 6.61 Å². The van der Waals surface area contributed by atoms with Gasteiger partial charge in [0, 0.05) is 54.6 Å². The highest BCUT2D eigenvalue weighted by atomic mass is 32.2. The molecule has 1 aromatic heterocycles. The van der Waals surface area contributed by atoms with E-state index in [-0.39, 0.29) is 24.2 Å². The fraction of sp³-hybridized carbons (Fsp3) is 0.381. The first kappa shape index (κ1) is 23.0. The number of hydrogen-bond acceptors (Lipinski definition) is 6. The molecule has 2 amide bonds. The third kappa shape index (κ3) is 5.71. The zero-order valence-electron chi connectivity index (χ0n) is 17.2. The molecule has 1 aromatic carbocycles. The number of nitrogens with zero attached hydrogens (tertiary/aromatic N) is 4. The molecule has 0 bridgehead atoms. The van der Waals surface area contributed by atoms with Gasteiger partial charge in [-0.15, -0.1) is 0 Å². The third-order valence-corrected chi connectivity index (χ3v) is 6.12. The number of carbonyl (C=O) groups excluding carboxylic acids is 2. The van der Waals surface area contributed by atoms with E-state index in [1.807, 2.05) is 13.0 Å². The predicted octanol–water partition coefficient (Wildman–Crippen LogP) is 3.02. The van der Waals surface area contributed by atoms with Crippen molar-refractivity contribution >= 4 is 34.5 Å². The lowest BCUT2D eigenvalue weighted by molar-refractivity contribution is -0.138. The molecule has 1 saturated heterocycles. The first-order valence-corrected chi connectivity index (χ1v) is 10.6. The maximum absolute atomic E-state index is 12.7. The fourth-order valence-electron chi connectivity index (χ4n) is 3.32. The summed E-state index contributed by atoms with van der Waals surface area (Å²) in [6.07, 6.45) is 2.66. The first-order chi connectivity index (χ1) is 14.9. The zero-order chi connectivity index (χ0) is 22.4. The molecule has 31 heavy (non-hydrogen) atoms. The van der Waals surface area contributed by atoms with Crippen LogP contribution in [0.3, 0.4) is 0 Å². The summed E-state index contributed by atoms with van der Waals surface area (Å²) >= 11 is 1.51. The second-order valence-corrected chi connectivity index (χ2v) is 7.94. The van der Waals surface area contributed by atoms with E-state index in [0.29, 0.717) is 38.1 Å². The van der Waals surface area contributed by atoms with Gasteiger partial charge in [-0.1, -0.05) is 12.6 Å². The molecule has 0 spiro atoms. The molecule has 3 rings (SSSR count). The Morgan fingerprint density at radius 3 is 2.65 bits per heavy atom. The average molecular weight is 451 g/mol. The number of carbonyl (C=O) groups is 2. The molecule has 0 aliphatic carbocycles. The Morgan fingerprint density at radius 2 is 2.00 bits per heavy atom. The molecule has 10 heteroatoms. The molecule has 0 unspecified atom stereocenters. The summed E-state index contributed by atoms with van der Waals surface area (Å²) in [4.78, 5) is 32.3. The number of ether oxygens (including phenoxy) is 1. The van der Waals surface area contributed by atoms with Crippen LogP contribution in [0.5, 0.6) is 5.88 Å². The Labute approximate surface area is 183 Å². The van der Waals surface area contributed by atoms with E-state index in [9.17, 15) is 18.4 Å². The van der Waals surface area contributed by atoms with Gasteiger partial charge in [0.2, 0.25) is 17.7 Å². The summed E-state index contributed by atoms with van der Waals surface area (Å²) in [5.41, 5.74) is 0. The van der Waals surface area contributed by atoms with Gasteiger partial charge in [-0.25, -0.2) is 9.29 Å². The van der Waals surface area contributed by atoms with Gasteiger partial charge in [0.15, 0.2) is 0 Å². The maximum atomic E-state index is 12.7. The monoisotopic (exact) mass is 450 g/mol. The number of amides is 2. The van der Waals surface area contributed by atoms with Crippen molar-refractivity contribution in [3.8, 4) is 5.88 Å². The van der Waals surface area contributed by atoms with Crippen LogP contribution in [0.4, 0.5) is 8.78 Å². The van der Waals surface area contributed by atoms with E-state index in [1.165, 1.54) is 29.1 Å². The van der Waals surface area contributed by atoms with Crippen molar-refractivity contribution in [1.82, 2.24) is 19.1 Å². The van der Waals surface area contributed by atoms with E-state index in [2.05, 4.69) is 20.6 Å². The summed E-state index contributed by atoms with van der Waals surface area (Å²) in [7, 11) is 0. The normalized spacial score (nSPS) is 14.6. The minimum atomic E-state index is -2.94. The average Bonchev–Trinajstić information content (AvgIpc) is 2.77. The number of rotatable bonds is 8. The number of fused-ring (bicyclic) bond motifs is 1. The predicted molar refractivity (Wildman–Crippen MR) is 115 cm³/mol. The van der Waals surface area contributed by atoms with Crippen LogP contribution < -0.4 is 4.74 Å². The Hall–Kier alpha value is -2.72. The SMILES string of the molecule is C=CC(=O)N(CC)CC(=O)N1CCN(Sc2cccc3c(OC(F)F)nccc23)CC1. The standard InChI is InChI=1S/C21H24F2N4O3S/c1-3-18(28)25(4-2)14-19(29)26-10-12-27(13-11-26)31-17-7-5-6-16-15(17)8-9-24-20(16)30-21(22)23/h3,5-9,21H,1,4,10-14H2,2H3. The van der Waals surface area contributed by atoms with Crippen molar-refractivity contribution in [2.24, 2.45) is 0 Å². The van der Waals surface area contributed by atoms with Gasteiger partial charge >= 0.3 is 6.61 Å². The summed E-state index contributed by atoms with van der Waals surface area (Å²) in [6.45, 7) is 5.19. The summed E-state index contributed by atoms with van der Waals surface area (Å²) in [6, 6.07) is 7.16. The van der Waals surface area contributed by atoms with Crippen LogP contribution in [0.2, 0.25) is 0 Å². The summed E-state index contributed by atoms with van der Waals surface area (Å²) < 4.78 is 32.0. The molecule has 2 aromatic rings. The quantitative estimate of drug-likeness (QED) is 0.455. The van der Waals surface area contributed by atoms with Crippen LogP contribution in [0.25, 0.3) is 10.8 Å². The molecule has 7 nitrogen and oxygen atoms in total. The molecule has 1 fully saturated rings. The molecule has 0 saturated carbocycles. The lowest BCUT2D eigenvalue weighted by atomic mass is 10.2. The first-order valence-electron chi connectivity index (χ1n) is 9.87. The summed E-state index contributed by atoms with van der Waals surface area (Å²) in [5.74, 6) is -0.447. The Kier molecular flexibility index (Phi) is 7.80. The smallest absolute Gasteiger partial charge is 0.388 e. The molecule has 0 radical (unpaired) electrons. The Bertz CT molecular complexity index is 951. The molecular weight excluding hydrogens is 426 g/mol. The number of pyridine rings is 1.